The van der Waals surface area contributed by atoms with Gasteiger partial charge in [-0.15, -0.1) is 0 Å². The van der Waals surface area contributed by atoms with Crippen molar-refractivity contribution in [1.29, 1.82) is 0 Å². The Morgan fingerprint density at radius 3 is 2.27 bits per heavy atom. The van der Waals surface area contributed by atoms with Crippen LogP contribution in [0.3, 0.4) is 0 Å². The summed E-state index contributed by atoms with van der Waals surface area (Å²) in [7, 11) is 0. The van der Waals surface area contributed by atoms with Crippen molar-refractivity contribution in [2.75, 3.05) is 38.2 Å². The van der Waals surface area contributed by atoms with Crippen molar-refractivity contribution in [2.45, 2.75) is 58.3 Å². The van der Waals surface area contributed by atoms with E-state index in [4.69, 9.17) is 9.47 Å². The van der Waals surface area contributed by atoms with E-state index >= 15 is 0 Å². The molecule has 0 heterocycles. The zero-order valence-corrected chi connectivity index (χ0v) is 21.3. The van der Waals surface area contributed by atoms with E-state index in [2.05, 4.69) is 16.0 Å². The SMILES string of the molecule is CC(=O)CC(=O)Cc1ccc(NC(=O)CC(=O)NCCOCCCOC(=O)NCCCCCC=O)cc1. The van der Waals surface area contributed by atoms with Crippen LogP contribution in [0.5, 0.6) is 0 Å². The highest BCUT2D eigenvalue weighted by Gasteiger charge is 2.10. The lowest BCUT2D eigenvalue weighted by Crippen LogP contribution is -2.31. The van der Waals surface area contributed by atoms with Crippen LogP contribution in [0.4, 0.5) is 10.5 Å². The van der Waals surface area contributed by atoms with Gasteiger partial charge in [-0.25, -0.2) is 4.79 Å². The van der Waals surface area contributed by atoms with Gasteiger partial charge in [-0.3, -0.25) is 19.2 Å². The molecule has 0 saturated carbocycles. The monoisotopic (exact) mass is 519 g/mol. The van der Waals surface area contributed by atoms with Crippen LogP contribution in [0, 0.1) is 0 Å². The summed E-state index contributed by atoms with van der Waals surface area (Å²) in [6.45, 7) is 2.92. The minimum Gasteiger partial charge on any atom is -0.449 e. The second-order valence-corrected chi connectivity index (χ2v) is 8.41. The lowest BCUT2D eigenvalue weighted by atomic mass is 10.1. The number of ketones is 2. The molecule has 0 fully saturated rings. The quantitative estimate of drug-likeness (QED) is 0.134. The van der Waals surface area contributed by atoms with Crippen LogP contribution in [-0.2, 0) is 39.9 Å². The van der Waals surface area contributed by atoms with Crippen LogP contribution >= 0.6 is 0 Å². The number of carbonyl (C=O) groups excluding carboxylic acids is 6. The maximum Gasteiger partial charge on any atom is 0.407 e. The molecule has 11 nitrogen and oxygen atoms in total. The van der Waals surface area contributed by atoms with Crippen LogP contribution in [-0.4, -0.2) is 68.7 Å². The number of benzene rings is 1. The summed E-state index contributed by atoms with van der Waals surface area (Å²) in [5.41, 5.74) is 1.23. The number of aldehydes is 1. The second kappa shape index (κ2) is 19.6. The first-order valence-electron chi connectivity index (χ1n) is 12.4. The van der Waals surface area contributed by atoms with Gasteiger partial charge < -0.3 is 30.2 Å². The number of unbranched alkanes of at least 4 members (excludes halogenated alkanes) is 3. The number of hydrogen-bond acceptors (Lipinski definition) is 8. The van der Waals surface area contributed by atoms with Crippen molar-refractivity contribution in [3.05, 3.63) is 29.8 Å². The van der Waals surface area contributed by atoms with E-state index in [0.29, 0.717) is 31.7 Å². The summed E-state index contributed by atoms with van der Waals surface area (Å²) in [5, 5.41) is 7.84. The molecule has 0 aliphatic carbocycles. The molecule has 3 N–H and O–H groups in total. The maximum absolute atomic E-state index is 12.0. The van der Waals surface area contributed by atoms with Crippen LogP contribution in [0.25, 0.3) is 0 Å². The number of ether oxygens (including phenoxy) is 2. The Balaban J connectivity index is 2.05. The molecule has 0 aliphatic heterocycles. The van der Waals surface area contributed by atoms with E-state index in [0.717, 1.165) is 31.1 Å². The third-order valence-corrected chi connectivity index (χ3v) is 4.91. The van der Waals surface area contributed by atoms with Crippen molar-refractivity contribution in [2.24, 2.45) is 0 Å². The Kier molecular flexibility index (Phi) is 16.6. The predicted molar refractivity (Wildman–Crippen MR) is 136 cm³/mol. The topological polar surface area (TPSA) is 157 Å². The van der Waals surface area contributed by atoms with Crippen LogP contribution < -0.4 is 16.0 Å². The van der Waals surface area contributed by atoms with E-state index in [1.165, 1.54) is 6.92 Å². The number of hydrogen-bond donors (Lipinski definition) is 3. The summed E-state index contributed by atoms with van der Waals surface area (Å²) in [6.07, 6.45) is 3.61. The minimum absolute atomic E-state index is 0.0992. The molecule has 0 aliphatic rings. The zero-order valence-electron chi connectivity index (χ0n) is 21.3. The van der Waals surface area contributed by atoms with Crippen molar-refractivity contribution in [1.82, 2.24) is 10.6 Å². The first-order valence-corrected chi connectivity index (χ1v) is 12.4. The highest BCUT2D eigenvalue weighted by Crippen LogP contribution is 2.11. The van der Waals surface area contributed by atoms with Crippen molar-refractivity contribution in [3.63, 3.8) is 0 Å². The fourth-order valence-corrected chi connectivity index (χ4v) is 3.15. The maximum atomic E-state index is 12.0. The lowest BCUT2D eigenvalue weighted by Gasteiger charge is -2.09. The zero-order chi connectivity index (χ0) is 27.3. The summed E-state index contributed by atoms with van der Waals surface area (Å²) < 4.78 is 10.4. The van der Waals surface area contributed by atoms with Crippen molar-refractivity contribution < 1.29 is 38.2 Å². The van der Waals surface area contributed by atoms with Gasteiger partial charge in [-0.05, 0) is 37.5 Å². The molecule has 0 bridgehead atoms. The molecule has 0 atom stereocenters. The molecule has 0 radical (unpaired) electrons. The number of nitrogens with one attached hydrogen (secondary N) is 3. The average Bonchev–Trinajstić information content (AvgIpc) is 2.83. The number of Topliss-reactive ketones (excluding diaryl/α,β-unsaturated/α-hetero) is 2. The molecule has 1 aromatic rings. The Morgan fingerprint density at radius 2 is 1.57 bits per heavy atom. The largest absolute Gasteiger partial charge is 0.449 e. The first-order chi connectivity index (χ1) is 17.8. The number of amides is 3. The van der Waals surface area contributed by atoms with Gasteiger partial charge in [-0.1, -0.05) is 18.6 Å². The molecule has 0 saturated heterocycles. The lowest BCUT2D eigenvalue weighted by molar-refractivity contribution is -0.128. The van der Waals surface area contributed by atoms with Crippen molar-refractivity contribution >= 4 is 41.4 Å². The third-order valence-electron chi connectivity index (χ3n) is 4.91. The van der Waals surface area contributed by atoms with E-state index in [1.807, 2.05) is 0 Å². The number of anilines is 1. The van der Waals surface area contributed by atoms with Gasteiger partial charge >= 0.3 is 6.09 Å². The minimum atomic E-state index is -0.489. The summed E-state index contributed by atoms with van der Waals surface area (Å²) in [6, 6.07) is 6.63. The third kappa shape index (κ3) is 17.5. The van der Waals surface area contributed by atoms with E-state index in [9.17, 15) is 28.8 Å². The Hall–Kier alpha value is -3.60. The highest BCUT2D eigenvalue weighted by atomic mass is 16.5. The van der Waals surface area contributed by atoms with Crippen molar-refractivity contribution in [3.8, 4) is 0 Å². The fourth-order valence-electron chi connectivity index (χ4n) is 3.15. The Morgan fingerprint density at radius 1 is 0.811 bits per heavy atom. The molecule has 1 rings (SSSR count). The van der Waals surface area contributed by atoms with E-state index < -0.39 is 17.9 Å². The van der Waals surface area contributed by atoms with Gasteiger partial charge in [-0.2, -0.15) is 0 Å². The Labute approximate surface area is 217 Å². The Bertz CT molecular complexity index is 886. The first kappa shape index (κ1) is 31.4. The number of carbonyl (C=O) groups is 6. The number of alkyl carbamates (subject to hydrolysis) is 1. The van der Waals surface area contributed by atoms with E-state index in [1.54, 1.807) is 24.3 Å². The second-order valence-electron chi connectivity index (χ2n) is 8.41. The molecule has 0 aromatic heterocycles. The molecular weight excluding hydrogens is 482 g/mol. The molecule has 11 heteroatoms. The van der Waals surface area contributed by atoms with Crippen LogP contribution in [0.15, 0.2) is 24.3 Å². The molecule has 3 amide bonds. The van der Waals surface area contributed by atoms with Gasteiger partial charge in [0.05, 0.1) is 19.6 Å². The molecular formula is C26H37N3O8. The van der Waals surface area contributed by atoms with Crippen LogP contribution in [0.2, 0.25) is 0 Å². The predicted octanol–water partition coefficient (Wildman–Crippen LogP) is 2.11. The molecule has 1 aromatic carbocycles. The number of rotatable bonds is 20. The van der Waals surface area contributed by atoms with Gasteiger partial charge in [0.2, 0.25) is 11.8 Å². The van der Waals surface area contributed by atoms with Gasteiger partial charge in [0.1, 0.15) is 24.3 Å². The average molecular weight is 520 g/mol. The molecule has 204 valence electrons. The smallest absolute Gasteiger partial charge is 0.407 e. The standard InChI is InChI=1S/C26H37N3O8/c1-20(31)17-23(32)18-21-7-9-22(10-8-21)29-25(34)19-24(33)27-12-16-36-14-6-15-37-26(35)28-11-4-2-3-5-13-30/h7-10,13H,2-6,11-12,14-19H2,1H3,(H,27,33)(H,28,35)(H,29,34). The summed E-state index contributed by atoms with van der Waals surface area (Å²) >= 11 is 0. The highest BCUT2D eigenvalue weighted by molar-refractivity contribution is 6.03. The van der Waals surface area contributed by atoms with Gasteiger partial charge in [0, 0.05) is 44.6 Å². The summed E-state index contributed by atoms with van der Waals surface area (Å²) in [4.78, 5) is 68.3. The normalized spacial score (nSPS) is 10.3. The molecule has 37 heavy (non-hydrogen) atoms. The molecule has 0 unspecified atom stereocenters. The van der Waals surface area contributed by atoms with Gasteiger partial charge in [0.25, 0.3) is 0 Å². The fraction of sp³-hybridized carbons (Fsp3) is 0.538. The van der Waals surface area contributed by atoms with E-state index in [-0.39, 0.29) is 50.6 Å². The van der Waals surface area contributed by atoms with Crippen LogP contribution in [0.1, 0.15) is 57.4 Å². The van der Waals surface area contributed by atoms with Gasteiger partial charge in [0.15, 0.2) is 0 Å². The molecule has 0 spiro atoms. The summed E-state index contributed by atoms with van der Waals surface area (Å²) in [5.74, 6) is -1.27.